The number of anilines is 1. The van der Waals surface area contributed by atoms with Crippen LogP contribution in [0.2, 0.25) is 0 Å². The predicted molar refractivity (Wildman–Crippen MR) is 122 cm³/mol. The highest BCUT2D eigenvalue weighted by Gasteiger charge is 2.18. The van der Waals surface area contributed by atoms with Crippen molar-refractivity contribution in [2.24, 2.45) is 0 Å². The van der Waals surface area contributed by atoms with Gasteiger partial charge in [-0.1, -0.05) is 42.5 Å². The molecule has 0 spiro atoms. The summed E-state index contributed by atoms with van der Waals surface area (Å²) in [5, 5.41) is 9.01. The number of methoxy groups -OCH3 is 1. The Labute approximate surface area is 183 Å². The predicted octanol–water partition coefficient (Wildman–Crippen LogP) is 5.04. The summed E-state index contributed by atoms with van der Waals surface area (Å²) in [4.78, 5) is 17.4. The third-order valence-corrected chi connectivity index (χ3v) is 5.27. The number of nitrogens with zero attached hydrogens (tertiary/aromatic N) is 3. The molecule has 0 bridgehead atoms. The molecule has 0 saturated carbocycles. The highest BCUT2D eigenvalue weighted by molar-refractivity contribution is 6.09. The summed E-state index contributed by atoms with van der Waals surface area (Å²) in [7, 11) is 1.60. The van der Waals surface area contributed by atoms with E-state index in [0.717, 1.165) is 33.1 Å². The summed E-state index contributed by atoms with van der Waals surface area (Å²) < 4.78 is 21.0. The van der Waals surface area contributed by atoms with Gasteiger partial charge in [0.15, 0.2) is 0 Å². The van der Waals surface area contributed by atoms with Crippen molar-refractivity contribution >= 4 is 33.4 Å². The second kappa shape index (κ2) is 8.11. The van der Waals surface area contributed by atoms with Gasteiger partial charge < -0.3 is 10.1 Å². The van der Waals surface area contributed by atoms with E-state index in [-0.39, 0.29) is 18.1 Å². The van der Waals surface area contributed by atoms with Crippen LogP contribution in [-0.4, -0.2) is 27.8 Å². The molecule has 0 aliphatic rings. The first-order valence-corrected chi connectivity index (χ1v) is 10.1. The van der Waals surface area contributed by atoms with Crippen LogP contribution >= 0.6 is 0 Å². The van der Waals surface area contributed by atoms with Gasteiger partial charge in [0.2, 0.25) is 5.91 Å². The van der Waals surface area contributed by atoms with Crippen LogP contribution in [-0.2, 0) is 11.3 Å². The van der Waals surface area contributed by atoms with Gasteiger partial charge in [0.05, 0.1) is 23.8 Å². The Morgan fingerprint density at radius 1 is 1.03 bits per heavy atom. The molecule has 0 saturated heterocycles. The largest absolute Gasteiger partial charge is 0.497 e. The molecule has 158 valence electrons. The Balaban J connectivity index is 1.65. The summed E-state index contributed by atoms with van der Waals surface area (Å²) in [5.41, 5.74) is 3.28. The minimum atomic E-state index is -0.490. The van der Waals surface area contributed by atoms with Crippen molar-refractivity contribution in [1.82, 2.24) is 14.8 Å². The number of amides is 1. The van der Waals surface area contributed by atoms with Crippen molar-refractivity contribution in [2.45, 2.75) is 6.54 Å². The number of hydrogen-bond donors (Lipinski definition) is 1. The minimum Gasteiger partial charge on any atom is -0.497 e. The monoisotopic (exact) mass is 426 g/mol. The number of para-hydroxylation sites is 1. The molecule has 0 aliphatic heterocycles. The lowest BCUT2D eigenvalue weighted by molar-refractivity contribution is -0.116. The van der Waals surface area contributed by atoms with E-state index in [4.69, 9.17) is 9.84 Å². The summed E-state index contributed by atoms with van der Waals surface area (Å²) in [5.74, 6) is -0.195. The molecule has 2 aromatic heterocycles. The van der Waals surface area contributed by atoms with Crippen molar-refractivity contribution in [2.75, 3.05) is 12.4 Å². The van der Waals surface area contributed by atoms with Crippen LogP contribution < -0.4 is 10.1 Å². The highest BCUT2D eigenvalue weighted by Crippen LogP contribution is 2.33. The van der Waals surface area contributed by atoms with Gasteiger partial charge in [-0.25, -0.2) is 4.39 Å². The molecule has 0 radical (unpaired) electrons. The fourth-order valence-corrected chi connectivity index (χ4v) is 3.77. The summed E-state index contributed by atoms with van der Waals surface area (Å²) >= 11 is 0. The number of carbonyl (C=O) groups is 1. The fourth-order valence-electron chi connectivity index (χ4n) is 3.77. The molecule has 5 rings (SSSR count). The molecular weight excluding hydrogens is 407 g/mol. The van der Waals surface area contributed by atoms with Crippen LogP contribution in [0.1, 0.15) is 0 Å². The molecule has 0 fully saturated rings. The zero-order chi connectivity index (χ0) is 22.1. The molecular formula is C25H19FN4O2. The Bertz CT molecular complexity index is 1450. The van der Waals surface area contributed by atoms with Gasteiger partial charge in [0.1, 0.15) is 23.8 Å². The minimum absolute atomic E-state index is 0.0893. The quantitative estimate of drug-likeness (QED) is 0.428. The second-order valence-corrected chi connectivity index (χ2v) is 7.30. The van der Waals surface area contributed by atoms with E-state index in [2.05, 4.69) is 10.3 Å². The van der Waals surface area contributed by atoms with Crippen molar-refractivity contribution in [3.8, 4) is 17.0 Å². The average molecular weight is 426 g/mol. The smallest absolute Gasteiger partial charge is 0.246 e. The maximum atomic E-state index is 14.0. The van der Waals surface area contributed by atoms with Gasteiger partial charge in [-0.3, -0.25) is 14.5 Å². The van der Waals surface area contributed by atoms with Gasteiger partial charge in [-0.15, -0.1) is 0 Å². The number of rotatable bonds is 5. The normalized spacial score (nSPS) is 11.1. The molecule has 0 aliphatic carbocycles. The second-order valence-electron chi connectivity index (χ2n) is 7.30. The molecule has 0 atom stereocenters. The standard InChI is InChI=1S/C25H19FN4O2/c1-32-17-11-12-21-18(13-17)25-19(14-27-21)24(16-7-3-2-4-8-16)29-30(25)15-23(31)28-22-10-6-5-9-20(22)26/h2-14H,15H2,1H3,(H,28,31). The summed E-state index contributed by atoms with van der Waals surface area (Å²) in [6.07, 6.45) is 1.77. The maximum Gasteiger partial charge on any atom is 0.246 e. The lowest BCUT2D eigenvalue weighted by Gasteiger charge is -2.09. The topological polar surface area (TPSA) is 69.0 Å². The van der Waals surface area contributed by atoms with Gasteiger partial charge in [-0.05, 0) is 30.3 Å². The SMILES string of the molecule is COc1ccc2ncc3c(-c4ccccc4)nn(CC(=O)Nc4ccccc4F)c3c2c1. The van der Waals surface area contributed by atoms with Gasteiger partial charge in [0.25, 0.3) is 0 Å². The molecule has 1 amide bonds. The molecule has 3 aromatic carbocycles. The number of halogens is 1. The Morgan fingerprint density at radius 3 is 2.59 bits per heavy atom. The number of aromatic nitrogens is 3. The summed E-state index contributed by atoms with van der Waals surface area (Å²) in [6, 6.07) is 21.4. The average Bonchev–Trinajstić information content (AvgIpc) is 3.19. The number of pyridine rings is 1. The molecule has 6 nitrogen and oxygen atoms in total. The molecule has 32 heavy (non-hydrogen) atoms. The molecule has 0 unspecified atom stereocenters. The third kappa shape index (κ3) is 3.54. The van der Waals surface area contributed by atoms with E-state index in [1.807, 2.05) is 48.5 Å². The van der Waals surface area contributed by atoms with E-state index in [9.17, 15) is 9.18 Å². The van der Waals surface area contributed by atoms with Gasteiger partial charge in [-0.2, -0.15) is 5.10 Å². The molecule has 1 N–H and O–H groups in total. The Hall–Kier alpha value is -4.26. The van der Waals surface area contributed by atoms with E-state index in [0.29, 0.717) is 5.75 Å². The number of ether oxygens (including phenoxy) is 1. The lowest BCUT2D eigenvalue weighted by atomic mass is 10.1. The number of carbonyl (C=O) groups excluding carboxylic acids is 1. The van der Waals surface area contributed by atoms with E-state index in [1.54, 1.807) is 30.1 Å². The van der Waals surface area contributed by atoms with E-state index < -0.39 is 5.82 Å². The zero-order valence-electron chi connectivity index (χ0n) is 17.2. The van der Waals surface area contributed by atoms with Crippen LogP contribution in [0.3, 0.4) is 0 Å². The van der Waals surface area contributed by atoms with Crippen LogP contribution in [0.4, 0.5) is 10.1 Å². The van der Waals surface area contributed by atoms with Crippen molar-refractivity contribution in [3.05, 3.63) is 84.8 Å². The van der Waals surface area contributed by atoms with Crippen LogP contribution in [0.15, 0.2) is 79.0 Å². The number of benzene rings is 3. The first kappa shape index (κ1) is 19.7. The van der Waals surface area contributed by atoms with Crippen molar-refractivity contribution in [1.29, 1.82) is 0 Å². The fraction of sp³-hybridized carbons (Fsp3) is 0.0800. The number of nitrogens with one attached hydrogen (secondary N) is 1. The van der Waals surface area contributed by atoms with Crippen molar-refractivity contribution in [3.63, 3.8) is 0 Å². The van der Waals surface area contributed by atoms with Crippen molar-refractivity contribution < 1.29 is 13.9 Å². The Kier molecular flexibility index (Phi) is 4.99. The van der Waals surface area contributed by atoms with E-state index in [1.165, 1.54) is 12.1 Å². The number of hydrogen-bond acceptors (Lipinski definition) is 4. The summed E-state index contributed by atoms with van der Waals surface area (Å²) in [6.45, 7) is -0.0893. The first-order valence-electron chi connectivity index (χ1n) is 10.1. The van der Waals surface area contributed by atoms with Gasteiger partial charge >= 0.3 is 0 Å². The number of fused-ring (bicyclic) bond motifs is 3. The van der Waals surface area contributed by atoms with Crippen LogP contribution in [0.5, 0.6) is 5.75 Å². The van der Waals surface area contributed by atoms with Crippen LogP contribution in [0, 0.1) is 5.82 Å². The van der Waals surface area contributed by atoms with E-state index >= 15 is 0 Å². The zero-order valence-corrected chi connectivity index (χ0v) is 17.2. The maximum absolute atomic E-state index is 14.0. The lowest BCUT2D eigenvalue weighted by Crippen LogP contribution is -2.20. The molecule has 7 heteroatoms. The Morgan fingerprint density at radius 2 is 1.81 bits per heavy atom. The van der Waals surface area contributed by atoms with Gasteiger partial charge in [0, 0.05) is 22.5 Å². The first-order chi connectivity index (χ1) is 15.6. The molecule has 2 heterocycles. The molecule has 5 aromatic rings. The third-order valence-electron chi connectivity index (χ3n) is 5.27. The van der Waals surface area contributed by atoms with Crippen LogP contribution in [0.25, 0.3) is 33.1 Å². The highest BCUT2D eigenvalue weighted by atomic mass is 19.1.